The summed E-state index contributed by atoms with van der Waals surface area (Å²) in [5, 5.41) is 15.3. The predicted molar refractivity (Wildman–Crippen MR) is 130 cm³/mol. The van der Waals surface area contributed by atoms with E-state index < -0.39 is 5.91 Å². The number of nitrogens with zero attached hydrogens (tertiary/aromatic N) is 3. The summed E-state index contributed by atoms with van der Waals surface area (Å²) in [6.45, 7) is 4.05. The van der Waals surface area contributed by atoms with E-state index in [0.717, 1.165) is 18.4 Å². The summed E-state index contributed by atoms with van der Waals surface area (Å²) in [6, 6.07) is 7.06. The number of amides is 2. The summed E-state index contributed by atoms with van der Waals surface area (Å²) in [4.78, 5) is 36.9. The summed E-state index contributed by atoms with van der Waals surface area (Å²) in [5.41, 5.74) is 3.05. The van der Waals surface area contributed by atoms with Gasteiger partial charge in [-0.2, -0.15) is 4.98 Å². The Morgan fingerprint density at radius 3 is 2.76 bits per heavy atom. The fraction of sp³-hybridized carbons (Fsp3) is 0.318. The van der Waals surface area contributed by atoms with Crippen LogP contribution in [0.25, 0.3) is 0 Å². The van der Waals surface area contributed by atoms with Crippen molar-refractivity contribution in [3.63, 3.8) is 0 Å². The molecule has 0 radical (unpaired) electrons. The maximum Gasteiger partial charge on any atom is 0.267 e. The van der Waals surface area contributed by atoms with Gasteiger partial charge < -0.3 is 15.4 Å². The highest BCUT2D eigenvalue weighted by molar-refractivity contribution is 7.17. The number of carbonyl (C=O) groups is 2. The van der Waals surface area contributed by atoms with Crippen LogP contribution in [0.15, 0.2) is 30.5 Å². The van der Waals surface area contributed by atoms with Crippen molar-refractivity contribution >= 4 is 51.4 Å². The number of thiazole rings is 1. The van der Waals surface area contributed by atoms with Gasteiger partial charge in [-0.15, -0.1) is 0 Å². The van der Waals surface area contributed by atoms with Crippen molar-refractivity contribution in [2.24, 2.45) is 0 Å². The Morgan fingerprint density at radius 1 is 1.18 bits per heavy atom. The van der Waals surface area contributed by atoms with Crippen LogP contribution in [0, 0.1) is 13.8 Å². The molecule has 0 fully saturated rings. The van der Waals surface area contributed by atoms with Gasteiger partial charge in [0.2, 0.25) is 11.8 Å². The average Bonchev–Trinajstić information content (AvgIpc) is 3.26. The van der Waals surface area contributed by atoms with Crippen LogP contribution in [-0.4, -0.2) is 38.6 Å². The molecule has 12 heteroatoms. The lowest BCUT2D eigenvalue weighted by Crippen LogP contribution is -2.17. The third kappa shape index (κ3) is 7.37. The van der Waals surface area contributed by atoms with E-state index in [1.54, 1.807) is 24.5 Å². The first kappa shape index (κ1) is 25.3. The molecule has 0 saturated heterocycles. The smallest absolute Gasteiger partial charge is 0.267 e. The van der Waals surface area contributed by atoms with E-state index in [9.17, 15) is 9.59 Å². The fourth-order valence-corrected chi connectivity index (χ4v) is 3.97. The van der Waals surface area contributed by atoms with E-state index >= 15 is 0 Å². The van der Waals surface area contributed by atoms with E-state index in [1.165, 1.54) is 17.5 Å². The zero-order chi connectivity index (χ0) is 24.5. The first-order chi connectivity index (χ1) is 16.4. The zero-order valence-electron chi connectivity index (χ0n) is 18.7. The molecule has 0 unspecified atom stereocenters. The molecule has 2 aromatic heterocycles. The lowest BCUT2D eigenvalue weighted by molar-refractivity contribution is -0.129. The summed E-state index contributed by atoms with van der Waals surface area (Å²) >= 11 is 7.37. The molecule has 0 spiro atoms. The molecule has 0 atom stereocenters. The van der Waals surface area contributed by atoms with Crippen molar-refractivity contribution in [2.75, 3.05) is 17.2 Å². The highest BCUT2D eigenvalue weighted by Crippen LogP contribution is 2.28. The van der Waals surface area contributed by atoms with Crippen LogP contribution >= 0.6 is 22.9 Å². The summed E-state index contributed by atoms with van der Waals surface area (Å²) < 4.78 is 5.70. The van der Waals surface area contributed by atoms with Gasteiger partial charge in [0.1, 0.15) is 16.5 Å². The summed E-state index contributed by atoms with van der Waals surface area (Å²) in [6.07, 6.45) is 3.92. The Morgan fingerprint density at radius 2 is 2.00 bits per heavy atom. The number of hydroxylamine groups is 1. The summed E-state index contributed by atoms with van der Waals surface area (Å²) in [7, 11) is 0. The van der Waals surface area contributed by atoms with Gasteiger partial charge in [0.15, 0.2) is 5.13 Å². The molecule has 2 amide bonds. The first-order valence-electron chi connectivity index (χ1n) is 10.6. The van der Waals surface area contributed by atoms with Crippen LogP contribution in [0.2, 0.25) is 5.02 Å². The summed E-state index contributed by atoms with van der Waals surface area (Å²) in [5.74, 6) is 0.714. The van der Waals surface area contributed by atoms with Gasteiger partial charge in [-0.3, -0.25) is 14.8 Å². The number of hydrogen-bond donors (Lipinski definition) is 4. The number of anilines is 3. The molecule has 180 valence electrons. The molecule has 3 aromatic rings. The Balaban J connectivity index is 1.55. The Labute approximate surface area is 205 Å². The molecular formula is C22H25ClN6O4S. The fourth-order valence-electron chi connectivity index (χ4n) is 2.99. The van der Waals surface area contributed by atoms with Crippen molar-refractivity contribution in [1.82, 2.24) is 20.4 Å². The van der Waals surface area contributed by atoms with Gasteiger partial charge in [0.25, 0.3) is 5.91 Å². The number of halogens is 1. The molecule has 34 heavy (non-hydrogen) atoms. The van der Waals surface area contributed by atoms with Crippen molar-refractivity contribution in [2.45, 2.75) is 39.5 Å². The second-order valence-corrected chi connectivity index (χ2v) is 8.81. The van der Waals surface area contributed by atoms with Crippen LogP contribution in [0.5, 0.6) is 5.88 Å². The van der Waals surface area contributed by atoms with Gasteiger partial charge in [-0.25, -0.2) is 15.4 Å². The molecule has 0 bridgehead atoms. The second kappa shape index (κ2) is 12.3. The molecule has 10 nitrogen and oxygen atoms in total. The van der Waals surface area contributed by atoms with Gasteiger partial charge in [-0.05, 0) is 44.7 Å². The van der Waals surface area contributed by atoms with Crippen molar-refractivity contribution in [1.29, 1.82) is 0 Å². The van der Waals surface area contributed by atoms with Gasteiger partial charge in [0, 0.05) is 12.5 Å². The molecule has 2 heterocycles. The van der Waals surface area contributed by atoms with E-state index in [-0.39, 0.29) is 12.3 Å². The number of aryl methyl sites for hydroxylation is 2. The monoisotopic (exact) mass is 504 g/mol. The number of ether oxygens (including phenoxy) is 1. The number of para-hydroxylation sites is 1. The van der Waals surface area contributed by atoms with E-state index in [4.69, 9.17) is 21.5 Å². The molecule has 0 aliphatic heterocycles. The largest absolute Gasteiger partial charge is 0.478 e. The Bertz CT molecular complexity index is 1140. The molecule has 0 saturated carbocycles. The van der Waals surface area contributed by atoms with E-state index in [0.29, 0.717) is 51.3 Å². The van der Waals surface area contributed by atoms with Crippen molar-refractivity contribution in [3.8, 4) is 5.88 Å². The van der Waals surface area contributed by atoms with Crippen LogP contribution in [0.3, 0.4) is 0 Å². The quantitative estimate of drug-likeness (QED) is 0.168. The van der Waals surface area contributed by atoms with E-state index in [1.807, 2.05) is 19.1 Å². The second-order valence-electron chi connectivity index (χ2n) is 7.37. The van der Waals surface area contributed by atoms with Gasteiger partial charge >= 0.3 is 0 Å². The highest BCUT2D eigenvalue weighted by atomic mass is 35.5. The minimum Gasteiger partial charge on any atom is -0.478 e. The number of hydrogen-bond acceptors (Lipinski definition) is 9. The minimum atomic E-state index is -0.398. The normalized spacial score (nSPS) is 10.6. The number of unbranched alkanes of at least 4 members (excludes halogenated alkanes) is 2. The Hall–Kier alpha value is -3.28. The molecular weight excluding hydrogens is 480 g/mol. The maximum absolute atomic E-state index is 12.6. The Kier molecular flexibility index (Phi) is 9.14. The number of aromatic nitrogens is 3. The van der Waals surface area contributed by atoms with Crippen LogP contribution in [-0.2, 0) is 4.79 Å². The maximum atomic E-state index is 12.6. The average molecular weight is 505 g/mol. The molecule has 0 aliphatic carbocycles. The van der Waals surface area contributed by atoms with Gasteiger partial charge in [0.05, 0.1) is 23.5 Å². The lowest BCUT2D eigenvalue weighted by Gasteiger charge is -2.09. The first-order valence-corrected chi connectivity index (χ1v) is 11.8. The number of nitrogens with one attached hydrogen (secondary N) is 3. The standard InChI is InChI=1S/C22H25ClN6O4S/c1-13-7-6-8-15(23)20(13)28-21(31)16-12-24-22(34-16)27-17-11-19(26-14(2)25-17)33-10-5-3-4-9-18(30)29-32/h6-8,11-12,32H,3-5,9-10H2,1-2H3,(H,28,31)(H,29,30)(H,24,25,26,27). The zero-order valence-corrected chi connectivity index (χ0v) is 20.3. The molecule has 1 aromatic carbocycles. The van der Waals surface area contributed by atoms with Gasteiger partial charge in [-0.1, -0.05) is 35.1 Å². The minimum absolute atomic E-state index is 0.267. The van der Waals surface area contributed by atoms with Crippen LogP contribution in [0.4, 0.5) is 16.6 Å². The highest BCUT2D eigenvalue weighted by Gasteiger charge is 2.14. The third-order valence-corrected chi connectivity index (χ3v) is 5.89. The van der Waals surface area contributed by atoms with Crippen LogP contribution in [0.1, 0.15) is 46.7 Å². The van der Waals surface area contributed by atoms with Crippen molar-refractivity contribution in [3.05, 3.63) is 51.7 Å². The number of rotatable bonds is 11. The molecule has 3 rings (SSSR count). The number of carbonyl (C=O) groups excluding carboxylic acids is 2. The van der Waals surface area contributed by atoms with Crippen LogP contribution < -0.4 is 20.9 Å². The molecule has 0 aliphatic rings. The lowest BCUT2D eigenvalue weighted by atomic mass is 10.2. The van der Waals surface area contributed by atoms with E-state index in [2.05, 4.69) is 25.6 Å². The molecule has 4 N–H and O–H groups in total. The third-order valence-electron chi connectivity index (χ3n) is 4.66. The number of benzene rings is 1. The SMILES string of the molecule is Cc1nc(Nc2ncc(C(=O)Nc3c(C)cccc3Cl)s2)cc(OCCCCCC(=O)NO)n1. The topological polar surface area (TPSA) is 138 Å². The van der Waals surface area contributed by atoms with Crippen molar-refractivity contribution < 1.29 is 19.5 Å². The predicted octanol–water partition coefficient (Wildman–Crippen LogP) is 4.64.